The normalized spacial score (nSPS) is 10.4. The van der Waals surface area contributed by atoms with Crippen LogP contribution in [0.15, 0.2) is 42.7 Å². The first-order valence-corrected chi connectivity index (χ1v) is 9.40. The van der Waals surface area contributed by atoms with Gasteiger partial charge in [-0.3, -0.25) is 9.78 Å². The molecule has 0 aliphatic heterocycles. The minimum atomic E-state index is -0.169. The minimum absolute atomic E-state index is 0.169. The monoisotopic (exact) mass is 399 g/mol. The first-order valence-electron chi connectivity index (χ1n) is 8.59. The maximum atomic E-state index is 12.6. The van der Waals surface area contributed by atoms with Crippen molar-refractivity contribution in [1.29, 1.82) is 0 Å². The smallest absolute Gasteiger partial charge is 0.263 e. The van der Waals surface area contributed by atoms with Gasteiger partial charge < -0.3 is 19.5 Å². The van der Waals surface area contributed by atoms with Gasteiger partial charge in [0.05, 0.1) is 26.1 Å². The molecule has 0 aliphatic rings. The van der Waals surface area contributed by atoms with E-state index in [-0.39, 0.29) is 5.91 Å². The second kappa shape index (κ2) is 9.18. The molecule has 8 heteroatoms. The minimum Gasteiger partial charge on any atom is -0.493 e. The molecule has 0 radical (unpaired) electrons. The summed E-state index contributed by atoms with van der Waals surface area (Å²) in [4.78, 5) is 21.6. The summed E-state index contributed by atoms with van der Waals surface area (Å²) in [6.07, 6.45) is 3.32. The standard InChI is InChI=1S/C20H21N3O4S/c1-13-19(28-18(23-13)12-27-15-5-4-8-21-11-15)20(24)22-10-14-6-7-16(25-2)17(9-14)26-3/h4-9,11H,10,12H2,1-3H3,(H,22,24). The number of ether oxygens (including phenoxy) is 3. The lowest BCUT2D eigenvalue weighted by molar-refractivity contribution is 0.0954. The van der Waals surface area contributed by atoms with Crippen LogP contribution < -0.4 is 19.5 Å². The Morgan fingerprint density at radius 1 is 1.18 bits per heavy atom. The third-order valence-corrected chi connectivity index (χ3v) is 5.07. The van der Waals surface area contributed by atoms with Crippen molar-refractivity contribution < 1.29 is 19.0 Å². The Bertz CT molecular complexity index is 944. The summed E-state index contributed by atoms with van der Waals surface area (Å²) in [6, 6.07) is 9.16. The van der Waals surface area contributed by atoms with E-state index in [0.717, 1.165) is 10.6 Å². The molecule has 0 spiro atoms. The third-order valence-electron chi connectivity index (χ3n) is 3.94. The zero-order valence-electron chi connectivity index (χ0n) is 15.9. The molecule has 28 heavy (non-hydrogen) atoms. The van der Waals surface area contributed by atoms with Crippen LogP contribution in [0.1, 0.15) is 25.9 Å². The van der Waals surface area contributed by atoms with Crippen LogP contribution in [-0.4, -0.2) is 30.1 Å². The highest BCUT2D eigenvalue weighted by molar-refractivity contribution is 7.13. The molecule has 7 nitrogen and oxygen atoms in total. The van der Waals surface area contributed by atoms with E-state index in [9.17, 15) is 4.79 Å². The van der Waals surface area contributed by atoms with Crippen molar-refractivity contribution in [3.05, 3.63) is 63.9 Å². The second-order valence-corrected chi connectivity index (χ2v) is 6.96. The number of rotatable bonds is 8. The molecule has 0 fully saturated rings. The summed E-state index contributed by atoms with van der Waals surface area (Å²) < 4.78 is 16.2. The fraction of sp³-hybridized carbons (Fsp3) is 0.250. The summed E-state index contributed by atoms with van der Waals surface area (Å²) in [5.74, 6) is 1.76. The number of nitrogens with zero attached hydrogens (tertiary/aromatic N) is 2. The topological polar surface area (TPSA) is 82.6 Å². The molecule has 1 aromatic carbocycles. The first kappa shape index (κ1) is 19.6. The lowest BCUT2D eigenvalue weighted by Crippen LogP contribution is -2.22. The van der Waals surface area contributed by atoms with Crippen molar-refractivity contribution in [2.45, 2.75) is 20.1 Å². The zero-order valence-corrected chi connectivity index (χ0v) is 16.7. The molecule has 2 aromatic heterocycles. The number of thiazole rings is 1. The van der Waals surface area contributed by atoms with Crippen LogP contribution >= 0.6 is 11.3 Å². The first-order chi connectivity index (χ1) is 13.6. The largest absolute Gasteiger partial charge is 0.493 e. The van der Waals surface area contributed by atoms with Gasteiger partial charge in [0.2, 0.25) is 0 Å². The predicted molar refractivity (Wildman–Crippen MR) is 106 cm³/mol. The van der Waals surface area contributed by atoms with Crippen LogP contribution in [0.4, 0.5) is 0 Å². The average Bonchev–Trinajstić information content (AvgIpc) is 3.11. The summed E-state index contributed by atoms with van der Waals surface area (Å²) in [6.45, 7) is 2.48. The molecular formula is C20H21N3O4S. The Morgan fingerprint density at radius 2 is 2.00 bits per heavy atom. The fourth-order valence-corrected chi connectivity index (χ4v) is 3.45. The zero-order chi connectivity index (χ0) is 19.9. The van der Waals surface area contributed by atoms with Crippen LogP contribution in [0, 0.1) is 6.92 Å². The van der Waals surface area contributed by atoms with Crippen LogP contribution in [0.25, 0.3) is 0 Å². The number of hydrogen-bond donors (Lipinski definition) is 1. The van der Waals surface area contributed by atoms with Crippen molar-refractivity contribution in [1.82, 2.24) is 15.3 Å². The van der Waals surface area contributed by atoms with E-state index < -0.39 is 0 Å². The molecule has 2 heterocycles. The van der Waals surface area contributed by atoms with E-state index in [1.165, 1.54) is 11.3 Å². The number of methoxy groups -OCH3 is 2. The number of carbonyl (C=O) groups excluding carboxylic acids is 1. The van der Waals surface area contributed by atoms with Crippen LogP contribution in [0.5, 0.6) is 17.2 Å². The molecule has 0 aliphatic carbocycles. The molecule has 146 valence electrons. The van der Waals surface area contributed by atoms with Crippen molar-refractivity contribution >= 4 is 17.2 Å². The van der Waals surface area contributed by atoms with Crippen molar-refractivity contribution in [3.63, 3.8) is 0 Å². The number of pyridine rings is 1. The molecule has 3 aromatic rings. The second-order valence-electron chi connectivity index (χ2n) is 5.87. The number of aromatic nitrogens is 2. The highest BCUT2D eigenvalue weighted by atomic mass is 32.1. The average molecular weight is 399 g/mol. The Labute approximate surface area is 167 Å². The fourth-order valence-electron chi connectivity index (χ4n) is 2.56. The number of aryl methyl sites for hydroxylation is 1. The van der Waals surface area contributed by atoms with Gasteiger partial charge in [0.25, 0.3) is 5.91 Å². The number of nitrogens with one attached hydrogen (secondary N) is 1. The molecule has 0 bridgehead atoms. The molecule has 0 unspecified atom stereocenters. The van der Waals surface area contributed by atoms with Gasteiger partial charge in [0.1, 0.15) is 22.2 Å². The lowest BCUT2D eigenvalue weighted by atomic mass is 10.2. The van der Waals surface area contributed by atoms with Crippen LogP contribution in [-0.2, 0) is 13.2 Å². The SMILES string of the molecule is COc1ccc(CNC(=O)c2sc(COc3cccnc3)nc2C)cc1OC. The Hall–Kier alpha value is -3.13. The molecule has 0 saturated carbocycles. The summed E-state index contributed by atoms with van der Waals surface area (Å²) in [5.41, 5.74) is 1.59. The van der Waals surface area contributed by atoms with E-state index in [2.05, 4.69) is 15.3 Å². The summed E-state index contributed by atoms with van der Waals surface area (Å²) in [7, 11) is 3.16. The van der Waals surface area contributed by atoms with E-state index >= 15 is 0 Å². The van der Waals surface area contributed by atoms with Crippen LogP contribution in [0.2, 0.25) is 0 Å². The number of hydrogen-bond acceptors (Lipinski definition) is 7. The Balaban J connectivity index is 1.61. The summed E-state index contributed by atoms with van der Waals surface area (Å²) in [5, 5.41) is 3.65. The van der Waals surface area contributed by atoms with Gasteiger partial charge in [0, 0.05) is 12.7 Å². The van der Waals surface area contributed by atoms with Crippen LogP contribution in [0.3, 0.4) is 0 Å². The van der Waals surface area contributed by atoms with E-state index in [1.807, 2.05) is 31.2 Å². The molecule has 1 amide bonds. The number of carbonyl (C=O) groups is 1. The highest BCUT2D eigenvalue weighted by Gasteiger charge is 2.16. The van der Waals surface area contributed by atoms with Gasteiger partial charge in [-0.25, -0.2) is 4.98 Å². The molecule has 0 saturated heterocycles. The number of amides is 1. The molecular weight excluding hydrogens is 378 g/mol. The highest BCUT2D eigenvalue weighted by Crippen LogP contribution is 2.27. The van der Waals surface area contributed by atoms with Gasteiger partial charge in [-0.2, -0.15) is 0 Å². The van der Waals surface area contributed by atoms with Crippen molar-refractivity contribution in [3.8, 4) is 17.2 Å². The lowest BCUT2D eigenvalue weighted by Gasteiger charge is -2.10. The maximum absolute atomic E-state index is 12.6. The quantitative estimate of drug-likeness (QED) is 0.625. The van der Waals surface area contributed by atoms with Gasteiger partial charge in [-0.15, -0.1) is 11.3 Å². The van der Waals surface area contributed by atoms with Gasteiger partial charge >= 0.3 is 0 Å². The summed E-state index contributed by atoms with van der Waals surface area (Å²) >= 11 is 1.32. The molecule has 0 atom stereocenters. The van der Waals surface area contributed by atoms with Crippen molar-refractivity contribution in [2.24, 2.45) is 0 Å². The van der Waals surface area contributed by atoms with Gasteiger partial charge in [-0.1, -0.05) is 6.07 Å². The molecule has 3 rings (SSSR count). The van der Waals surface area contributed by atoms with Gasteiger partial charge in [-0.05, 0) is 36.8 Å². The Kier molecular flexibility index (Phi) is 6.44. The third kappa shape index (κ3) is 4.77. The van der Waals surface area contributed by atoms with Gasteiger partial charge in [0.15, 0.2) is 11.5 Å². The Morgan fingerprint density at radius 3 is 2.71 bits per heavy atom. The van der Waals surface area contributed by atoms with E-state index in [4.69, 9.17) is 14.2 Å². The van der Waals surface area contributed by atoms with Crippen molar-refractivity contribution in [2.75, 3.05) is 14.2 Å². The number of benzene rings is 1. The maximum Gasteiger partial charge on any atom is 0.263 e. The van der Waals surface area contributed by atoms with E-state index in [1.54, 1.807) is 32.7 Å². The molecule has 1 N–H and O–H groups in total. The van der Waals surface area contributed by atoms with E-state index in [0.29, 0.717) is 41.0 Å². The predicted octanol–water partition coefficient (Wildman–Crippen LogP) is 3.37.